The standard InChI is InChI=1S/C17H23N3O3S/c1-11(15-10-12-4-5-13(15)9-12)18-17(21)14-3-2-6-20-7-8-24(22,23)19-16(14)20/h2-3,6,11-13,15H,4-5,7-10H2,1H3,(H,18,21). The highest BCUT2D eigenvalue weighted by atomic mass is 32.2. The van der Waals surface area contributed by atoms with Crippen LogP contribution >= 0.6 is 0 Å². The molecule has 2 aliphatic heterocycles. The molecule has 130 valence electrons. The minimum absolute atomic E-state index is 0.0166. The largest absolute Gasteiger partial charge is 0.349 e. The van der Waals surface area contributed by atoms with Gasteiger partial charge in [-0.1, -0.05) is 6.42 Å². The van der Waals surface area contributed by atoms with Crippen molar-refractivity contribution < 1.29 is 13.2 Å². The van der Waals surface area contributed by atoms with Crippen molar-refractivity contribution in [2.45, 2.75) is 38.6 Å². The van der Waals surface area contributed by atoms with E-state index in [4.69, 9.17) is 0 Å². The number of amidine groups is 1. The zero-order valence-corrected chi connectivity index (χ0v) is 14.6. The van der Waals surface area contributed by atoms with Crippen LogP contribution in [0.1, 0.15) is 32.6 Å². The summed E-state index contributed by atoms with van der Waals surface area (Å²) in [6, 6.07) is 0.105. The van der Waals surface area contributed by atoms with Crippen LogP contribution in [-0.2, 0) is 14.8 Å². The van der Waals surface area contributed by atoms with E-state index >= 15 is 0 Å². The van der Waals surface area contributed by atoms with Gasteiger partial charge in [0.15, 0.2) is 5.84 Å². The second-order valence-electron chi connectivity index (χ2n) is 7.42. The molecule has 4 aliphatic rings. The quantitative estimate of drug-likeness (QED) is 0.836. The summed E-state index contributed by atoms with van der Waals surface area (Å²) in [5.41, 5.74) is 0.343. The first-order valence-electron chi connectivity index (χ1n) is 8.72. The van der Waals surface area contributed by atoms with Crippen LogP contribution in [0.25, 0.3) is 0 Å². The molecule has 0 aromatic rings. The molecule has 4 unspecified atom stereocenters. The Kier molecular flexibility index (Phi) is 3.78. The lowest BCUT2D eigenvalue weighted by Crippen LogP contribution is -2.46. The molecular weight excluding hydrogens is 326 g/mol. The van der Waals surface area contributed by atoms with Crippen molar-refractivity contribution in [3.8, 4) is 0 Å². The van der Waals surface area contributed by atoms with Crippen molar-refractivity contribution >= 4 is 21.8 Å². The number of carbonyl (C=O) groups excluding carboxylic acids is 1. The smallest absolute Gasteiger partial charge is 0.256 e. The lowest BCUT2D eigenvalue weighted by Gasteiger charge is -2.31. The second-order valence-corrected chi connectivity index (χ2v) is 9.17. The van der Waals surface area contributed by atoms with Gasteiger partial charge in [-0.25, -0.2) is 8.42 Å². The van der Waals surface area contributed by atoms with Gasteiger partial charge >= 0.3 is 0 Å². The normalized spacial score (nSPS) is 34.4. The third-order valence-corrected chi connectivity index (χ3v) is 7.05. The van der Waals surface area contributed by atoms with E-state index in [9.17, 15) is 13.2 Å². The Morgan fingerprint density at radius 1 is 1.38 bits per heavy atom. The van der Waals surface area contributed by atoms with Gasteiger partial charge in [0.2, 0.25) is 0 Å². The third kappa shape index (κ3) is 2.79. The lowest BCUT2D eigenvalue weighted by atomic mass is 9.84. The van der Waals surface area contributed by atoms with Gasteiger partial charge in [-0.05, 0) is 56.1 Å². The molecule has 2 saturated carbocycles. The van der Waals surface area contributed by atoms with Crippen molar-refractivity contribution in [2.24, 2.45) is 22.2 Å². The Bertz CT molecular complexity index is 753. The molecule has 1 N–H and O–H groups in total. The van der Waals surface area contributed by atoms with Crippen LogP contribution in [0.5, 0.6) is 0 Å². The maximum Gasteiger partial charge on any atom is 0.256 e. The molecule has 0 aromatic heterocycles. The van der Waals surface area contributed by atoms with Crippen molar-refractivity contribution in [1.29, 1.82) is 0 Å². The molecule has 0 aromatic carbocycles. The molecule has 7 heteroatoms. The number of rotatable bonds is 3. The van der Waals surface area contributed by atoms with Crippen molar-refractivity contribution in [3.63, 3.8) is 0 Å². The molecule has 2 heterocycles. The molecule has 2 fully saturated rings. The van der Waals surface area contributed by atoms with E-state index in [0.29, 0.717) is 18.0 Å². The highest BCUT2D eigenvalue weighted by Crippen LogP contribution is 2.49. The first kappa shape index (κ1) is 15.9. The summed E-state index contributed by atoms with van der Waals surface area (Å²) >= 11 is 0. The number of amides is 1. The van der Waals surface area contributed by atoms with E-state index in [2.05, 4.69) is 16.6 Å². The highest BCUT2D eigenvalue weighted by Gasteiger charge is 2.42. The third-order valence-electron chi connectivity index (χ3n) is 5.90. The summed E-state index contributed by atoms with van der Waals surface area (Å²) in [5.74, 6) is 2.11. The van der Waals surface area contributed by atoms with Crippen LogP contribution < -0.4 is 5.32 Å². The van der Waals surface area contributed by atoms with Gasteiger partial charge in [0.25, 0.3) is 15.9 Å². The molecule has 24 heavy (non-hydrogen) atoms. The SMILES string of the molecule is CC(NC(=O)C1=CC=CN2CCS(=O)(=O)N=C12)C1CC2CCC1C2. The monoisotopic (exact) mass is 349 g/mol. The fourth-order valence-electron chi connectivity index (χ4n) is 4.69. The van der Waals surface area contributed by atoms with Gasteiger partial charge in [0.05, 0.1) is 11.3 Å². The molecule has 4 rings (SSSR count). The van der Waals surface area contributed by atoms with Crippen LogP contribution in [0.15, 0.2) is 28.3 Å². The van der Waals surface area contributed by atoms with Gasteiger partial charge in [-0.15, -0.1) is 4.40 Å². The Hall–Kier alpha value is -1.63. The van der Waals surface area contributed by atoms with Crippen LogP contribution in [-0.4, -0.2) is 43.4 Å². The summed E-state index contributed by atoms with van der Waals surface area (Å²) in [5, 5.41) is 3.09. The fourth-order valence-corrected chi connectivity index (χ4v) is 5.68. The van der Waals surface area contributed by atoms with Gasteiger partial charge in [-0.2, -0.15) is 0 Å². The maximum absolute atomic E-state index is 12.7. The van der Waals surface area contributed by atoms with Gasteiger partial charge in [0.1, 0.15) is 0 Å². The molecule has 6 nitrogen and oxygen atoms in total. The molecule has 0 spiro atoms. The first-order valence-corrected chi connectivity index (χ1v) is 10.3. The minimum atomic E-state index is -3.48. The number of nitrogens with one attached hydrogen (secondary N) is 1. The fraction of sp³-hybridized carbons (Fsp3) is 0.647. The predicted molar refractivity (Wildman–Crippen MR) is 91.7 cm³/mol. The maximum atomic E-state index is 12.7. The number of hydrogen-bond acceptors (Lipinski definition) is 4. The van der Waals surface area contributed by atoms with Crippen molar-refractivity contribution in [3.05, 3.63) is 23.9 Å². The van der Waals surface area contributed by atoms with Crippen molar-refractivity contribution in [1.82, 2.24) is 10.2 Å². The van der Waals surface area contributed by atoms with E-state index in [0.717, 1.165) is 11.8 Å². The molecule has 2 bridgehead atoms. The molecule has 2 aliphatic carbocycles. The van der Waals surface area contributed by atoms with E-state index in [1.54, 1.807) is 23.3 Å². The zero-order chi connectivity index (χ0) is 16.9. The number of hydrogen-bond donors (Lipinski definition) is 1. The molecule has 1 amide bonds. The molecular formula is C17H23N3O3S. The summed E-state index contributed by atoms with van der Waals surface area (Å²) in [6.45, 7) is 2.41. The second kappa shape index (κ2) is 5.72. The summed E-state index contributed by atoms with van der Waals surface area (Å²) in [7, 11) is -3.48. The number of allylic oxidation sites excluding steroid dienone is 2. The van der Waals surface area contributed by atoms with E-state index < -0.39 is 10.0 Å². The van der Waals surface area contributed by atoms with Gasteiger partial charge in [-0.3, -0.25) is 4.79 Å². The predicted octanol–water partition coefficient (Wildman–Crippen LogP) is 1.42. The van der Waals surface area contributed by atoms with Crippen LogP contribution in [0.3, 0.4) is 0 Å². The molecule has 0 saturated heterocycles. The first-order chi connectivity index (χ1) is 11.4. The van der Waals surface area contributed by atoms with E-state index in [1.807, 2.05) is 0 Å². The number of nitrogens with zero attached hydrogens (tertiary/aromatic N) is 2. The summed E-state index contributed by atoms with van der Waals surface area (Å²) in [6.07, 6.45) is 10.3. The summed E-state index contributed by atoms with van der Waals surface area (Å²) < 4.78 is 27.4. The van der Waals surface area contributed by atoms with Crippen LogP contribution in [0.2, 0.25) is 0 Å². The van der Waals surface area contributed by atoms with Crippen LogP contribution in [0, 0.1) is 17.8 Å². The zero-order valence-electron chi connectivity index (χ0n) is 13.8. The van der Waals surface area contributed by atoms with Crippen LogP contribution in [0.4, 0.5) is 0 Å². The Morgan fingerprint density at radius 3 is 2.92 bits per heavy atom. The average Bonchev–Trinajstić information content (AvgIpc) is 3.16. The minimum Gasteiger partial charge on any atom is -0.349 e. The molecule has 4 atom stereocenters. The van der Waals surface area contributed by atoms with Crippen molar-refractivity contribution in [2.75, 3.05) is 12.3 Å². The lowest BCUT2D eigenvalue weighted by molar-refractivity contribution is -0.118. The number of fused-ring (bicyclic) bond motifs is 3. The van der Waals surface area contributed by atoms with E-state index in [-0.39, 0.29) is 23.5 Å². The Balaban J connectivity index is 1.50. The Labute approximate surface area is 142 Å². The number of sulfonamides is 1. The topological polar surface area (TPSA) is 78.8 Å². The molecule has 0 radical (unpaired) electrons. The van der Waals surface area contributed by atoms with Gasteiger partial charge < -0.3 is 10.2 Å². The highest BCUT2D eigenvalue weighted by molar-refractivity contribution is 7.90. The van der Waals surface area contributed by atoms with E-state index in [1.165, 1.54) is 25.7 Å². The Morgan fingerprint density at radius 2 is 2.21 bits per heavy atom. The number of carbonyl (C=O) groups is 1. The average molecular weight is 349 g/mol. The summed E-state index contributed by atoms with van der Waals surface area (Å²) in [4.78, 5) is 14.5. The van der Waals surface area contributed by atoms with Gasteiger partial charge in [0, 0.05) is 18.8 Å².